The summed E-state index contributed by atoms with van der Waals surface area (Å²) in [5.41, 5.74) is -0.957. The van der Waals surface area contributed by atoms with E-state index >= 15 is 0 Å². The molecule has 1 aromatic carbocycles. The molecule has 0 bridgehead atoms. The normalized spacial score (nSPS) is 19.9. The maximum atomic E-state index is 13.8. The van der Waals surface area contributed by atoms with Gasteiger partial charge in [-0.25, -0.2) is 0 Å². The number of hydrogen-bond acceptors (Lipinski definition) is 6. The van der Waals surface area contributed by atoms with E-state index in [1.54, 1.807) is 26.8 Å². The Morgan fingerprint density at radius 2 is 1.60 bits per heavy atom. The Kier molecular flexibility index (Phi) is 11.0. The van der Waals surface area contributed by atoms with E-state index in [9.17, 15) is 22.8 Å². The van der Waals surface area contributed by atoms with Crippen LogP contribution in [0.1, 0.15) is 79.0 Å². The van der Waals surface area contributed by atoms with Crippen LogP contribution in [0.25, 0.3) is 0 Å². The summed E-state index contributed by atoms with van der Waals surface area (Å²) in [7, 11) is -2.54. The molecule has 0 unspecified atom stereocenters. The average molecular weight is 587 g/mol. The lowest BCUT2D eigenvalue weighted by molar-refractivity contribution is -0.182. The summed E-state index contributed by atoms with van der Waals surface area (Å²) in [4.78, 5) is 26.3. The van der Waals surface area contributed by atoms with Crippen LogP contribution in [0.15, 0.2) is 35.9 Å². The molecule has 10 heteroatoms. The molecule has 0 aromatic heterocycles. The molecule has 6 nitrogen and oxygen atoms in total. The van der Waals surface area contributed by atoms with E-state index in [0.717, 1.165) is 18.6 Å². The molecule has 40 heavy (non-hydrogen) atoms. The molecule has 3 atom stereocenters. The first-order valence-corrected chi connectivity index (χ1v) is 16.6. The topological polar surface area (TPSA) is 71.1 Å². The van der Waals surface area contributed by atoms with Crippen LogP contribution >= 0.6 is 0 Å². The van der Waals surface area contributed by atoms with Gasteiger partial charge in [-0.1, -0.05) is 46.8 Å². The van der Waals surface area contributed by atoms with E-state index < -0.39 is 55.7 Å². The van der Waals surface area contributed by atoms with Gasteiger partial charge in [-0.3, -0.25) is 9.59 Å². The Hall–Kier alpha value is -2.01. The Morgan fingerprint density at radius 3 is 2.08 bits per heavy atom. The van der Waals surface area contributed by atoms with Crippen LogP contribution in [0, 0.1) is 11.3 Å². The predicted octanol–water partition coefficient (Wildman–Crippen LogP) is 7.64. The van der Waals surface area contributed by atoms with Crippen molar-refractivity contribution in [2.75, 3.05) is 13.2 Å². The molecule has 0 saturated heterocycles. The number of rotatable bonds is 10. The fraction of sp³-hybridized carbons (Fsp3) is 0.667. The van der Waals surface area contributed by atoms with Gasteiger partial charge in [0.15, 0.2) is 26.5 Å². The molecule has 0 amide bonds. The van der Waals surface area contributed by atoms with E-state index in [0.29, 0.717) is 18.1 Å². The molecule has 1 aliphatic rings. The zero-order chi connectivity index (χ0) is 30.7. The molecule has 1 heterocycles. The van der Waals surface area contributed by atoms with E-state index in [1.165, 1.54) is 12.1 Å². The summed E-state index contributed by atoms with van der Waals surface area (Å²) >= 11 is 0. The van der Waals surface area contributed by atoms with Crippen molar-refractivity contribution in [2.24, 2.45) is 11.3 Å². The van der Waals surface area contributed by atoms with E-state index in [2.05, 4.69) is 13.8 Å². The number of alkyl halides is 3. The molecule has 0 radical (unpaired) electrons. The molecular formula is C30H45F3O6Si. The first-order chi connectivity index (χ1) is 18.1. The van der Waals surface area contributed by atoms with Crippen LogP contribution < -0.4 is 0 Å². The first kappa shape index (κ1) is 34.2. The van der Waals surface area contributed by atoms with Crippen molar-refractivity contribution in [2.45, 2.75) is 105 Å². The Labute approximate surface area is 237 Å². The second-order valence-corrected chi connectivity index (χ2v) is 18.0. The minimum absolute atomic E-state index is 0.210. The van der Waals surface area contributed by atoms with Crippen molar-refractivity contribution in [3.8, 4) is 0 Å². The first-order valence-electron chi connectivity index (χ1n) is 13.7. The number of carbonyl (C=O) groups excluding carboxylic acids is 2. The van der Waals surface area contributed by atoms with Crippen LogP contribution in [0.4, 0.5) is 13.2 Å². The third-order valence-corrected chi connectivity index (χ3v) is 11.6. The summed E-state index contributed by atoms with van der Waals surface area (Å²) in [6, 6.07) is 4.66. The van der Waals surface area contributed by atoms with Gasteiger partial charge in [0.1, 0.15) is 6.61 Å². The molecular weight excluding hydrogens is 541 g/mol. The van der Waals surface area contributed by atoms with E-state index in [4.69, 9.17) is 18.6 Å². The number of Topliss-reactive ketones (excluding diaryl/α,β-unsaturated/α-hetero) is 1. The fourth-order valence-corrected chi connectivity index (χ4v) is 4.72. The second-order valence-electron chi connectivity index (χ2n) is 13.3. The van der Waals surface area contributed by atoms with Crippen LogP contribution in [-0.2, 0) is 34.4 Å². The lowest BCUT2D eigenvalue weighted by Crippen LogP contribution is -2.46. The quantitative estimate of drug-likeness (QED) is 0.207. The average Bonchev–Trinajstić information content (AvgIpc) is 2.80. The molecule has 0 spiro atoms. The zero-order valence-electron chi connectivity index (χ0n) is 25.4. The van der Waals surface area contributed by atoms with Gasteiger partial charge in [-0.15, -0.1) is 0 Å². The molecule has 0 N–H and O–H groups in total. The van der Waals surface area contributed by atoms with Gasteiger partial charge in [-0.2, -0.15) is 13.2 Å². The van der Waals surface area contributed by atoms with Crippen molar-refractivity contribution in [3.05, 3.63) is 47.0 Å². The van der Waals surface area contributed by atoms with Crippen LogP contribution in [0.3, 0.4) is 0 Å². The van der Waals surface area contributed by atoms with Crippen molar-refractivity contribution in [1.82, 2.24) is 0 Å². The number of ketones is 1. The largest absolute Gasteiger partial charge is 0.462 e. The molecule has 1 aliphatic heterocycles. The maximum absolute atomic E-state index is 13.8. The van der Waals surface area contributed by atoms with Crippen molar-refractivity contribution < 1.29 is 41.4 Å². The number of carbonyl (C=O) groups is 2. The highest BCUT2D eigenvalue weighted by atomic mass is 28.4. The number of benzene rings is 1. The number of hydrogen-bond donors (Lipinski definition) is 0. The summed E-state index contributed by atoms with van der Waals surface area (Å²) in [6.45, 7) is 19.4. The zero-order valence-corrected chi connectivity index (χ0v) is 26.4. The van der Waals surface area contributed by atoms with Gasteiger partial charge in [0, 0.05) is 5.57 Å². The second kappa shape index (κ2) is 12.9. The van der Waals surface area contributed by atoms with Crippen molar-refractivity contribution in [3.63, 3.8) is 0 Å². The molecule has 0 fully saturated rings. The molecule has 2 rings (SSSR count). The van der Waals surface area contributed by atoms with Crippen molar-refractivity contribution >= 4 is 20.1 Å². The Morgan fingerprint density at radius 1 is 1.02 bits per heavy atom. The standard InChI is InChI=1S/C30H45F3O6Si/c1-19(2)15-16-36-24-17-22(25(34)23(38-24)18-37-27(35)28(3,4)5)26(39-40(9,10)29(6,7)8)20-11-13-21(14-12-20)30(31,32)33/h11-14,17,19,23-24,26H,15-16,18H2,1-10H3/t23-,24+,26-/m1/s1. The summed E-state index contributed by atoms with van der Waals surface area (Å²) in [6.07, 6.45) is -5.25. The molecule has 1 aromatic rings. The minimum atomic E-state index is -4.50. The van der Waals surface area contributed by atoms with Crippen LogP contribution in [0.2, 0.25) is 18.1 Å². The van der Waals surface area contributed by atoms with Crippen LogP contribution in [-0.4, -0.2) is 45.7 Å². The van der Waals surface area contributed by atoms with Gasteiger partial charge < -0.3 is 18.6 Å². The van der Waals surface area contributed by atoms with E-state index in [1.807, 2.05) is 33.9 Å². The molecule has 0 aliphatic carbocycles. The smallest absolute Gasteiger partial charge is 0.416 e. The van der Waals surface area contributed by atoms with Gasteiger partial charge in [0.25, 0.3) is 0 Å². The maximum Gasteiger partial charge on any atom is 0.416 e. The number of ether oxygens (including phenoxy) is 3. The highest BCUT2D eigenvalue weighted by Gasteiger charge is 2.44. The number of esters is 1. The van der Waals surface area contributed by atoms with Crippen molar-refractivity contribution in [1.29, 1.82) is 0 Å². The van der Waals surface area contributed by atoms with Gasteiger partial charge in [0.05, 0.1) is 23.7 Å². The summed E-state index contributed by atoms with van der Waals surface area (Å²) < 4.78 is 63.9. The monoisotopic (exact) mass is 586 g/mol. The Balaban J connectivity index is 2.55. The third kappa shape index (κ3) is 9.26. The lowest BCUT2D eigenvalue weighted by Gasteiger charge is -2.41. The van der Waals surface area contributed by atoms with Gasteiger partial charge in [-0.05, 0) is 75.0 Å². The fourth-order valence-electron chi connectivity index (χ4n) is 3.51. The van der Waals surface area contributed by atoms with Gasteiger partial charge in [0.2, 0.25) is 0 Å². The third-order valence-electron chi connectivity index (χ3n) is 7.19. The van der Waals surface area contributed by atoms with Gasteiger partial charge >= 0.3 is 12.1 Å². The SMILES string of the molecule is CC(C)CCO[C@@H]1C=C([C@H](O[Si](C)(C)C(C)(C)C)c2ccc(C(F)(F)F)cc2)C(=O)[C@@H](COC(=O)C(C)(C)C)O1. The molecule has 226 valence electrons. The van der Waals surface area contributed by atoms with Crippen LogP contribution in [0.5, 0.6) is 0 Å². The predicted molar refractivity (Wildman–Crippen MR) is 150 cm³/mol. The summed E-state index contributed by atoms with van der Waals surface area (Å²) in [5, 5.41) is -0.249. The summed E-state index contributed by atoms with van der Waals surface area (Å²) in [5.74, 6) is -0.581. The number of halogens is 3. The highest BCUT2D eigenvalue weighted by Crippen LogP contribution is 2.43. The van der Waals surface area contributed by atoms with E-state index in [-0.39, 0.29) is 17.2 Å². The Bertz CT molecular complexity index is 1050. The minimum Gasteiger partial charge on any atom is -0.462 e. The lowest BCUT2D eigenvalue weighted by atomic mass is 9.93. The molecule has 0 saturated carbocycles. The highest BCUT2D eigenvalue weighted by molar-refractivity contribution is 6.74.